The number of hydrogen-bond donors (Lipinski definition) is 1. The summed E-state index contributed by atoms with van der Waals surface area (Å²) in [7, 11) is 0. The molecule has 0 aliphatic carbocycles. The summed E-state index contributed by atoms with van der Waals surface area (Å²) in [6, 6.07) is 0.128. The normalized spacial score (nSPS) is 15.4. The Balaban J connectivity index is 2.71. The molecule has 1 heterocycles. The molecule has 3 nitrogen and oxygen atoms in total. The van der Waals surface area contributed by atoms with Gasteiger partial charge in [-0.1, -0.05) is 20.3 Å². The first-order chi connectivity index (χ1) is 6.69. The van der Waals surface area contributed by atoms with Gasteiger partial charge in [0.05, 0.1) is 18.3 Å². The van der Waals surface area contributed by atoms with Gasteiger partial charge < -0.3 is 5.11 Å². The van der Waals surface area contributed by atoms with Gasteiger partial charge in [0.25, 0.3) is 0 Å². The molecule has 0 aliphatic rings. The summed E-state index contributed by atoms with van der Waals surface area (Å²) in [5.74, 6) is 0. The molecule has 3 heteroatoms. The lowest BCUT2D eigenvalue weighted by Crippen LogP contribution is -2.23. The van der Waals surface area contributed by atoms with Gasteiger partial charge >= 0.3 is 0 Å². The first-order valence-corrected chi connectivity index (χ1v) is 5.37. The van der Waals surface area contributed by atoms with E-state index in [1.807, 2.05) is 24.0 Å². The molecule has 0 spiro atoms. The molecular weight excluding hydrogens is 176 g/mol. The molecule has 0 aromatic carbocycles. The van der Waals surface area contributed by atoms with Gasteiger partial charge in [-0.3, -0.25) is 4.68 Å². The molecule has 14 heavy (non-hydrogen) atoms. The number of aliphatic hydroxyl groups is 1. The predicted molar refractivity (Wildman–Crippen MR) is 57.2 cm³/mol. The molecule has 0 radical (unpaired) electrons. The van der Waals surface area contributed by atoms with Crippen molar-refractivity contribution < 1.29 is 5.11 Å². The number of nitrogens with zero attached hydrogens (tertiary/aromatic N) is 2. The fourth-order valence-electron chi connectivity index (χ4n) is 1.74. The van der Waals surface area contributed by atoms with Gasteiger partial charge in [-0.2, -0.15) is 5.10 Å². The third-order valence-electron chi connectivity index (χ3n) is 2.52. The molecule has 2 atom stereocenters. The van der Waals surface area contributed by atoms with Crippen LogP contribution in [0.5, 0.6) is 0 Å². The van der Waals surface area contributed by atoms with Crippen LogP contribution in [0.3, 0.4) is 0 Å². The van der Waals surface area contributed by atoms with E-state index in [0.29, 0.717) is 0 Å². The van der Waals surface area contributed by atoms with Crippen LogP contribution in [0.2, 0.25) is 0 Å². The lowest BCUT2D eigenvalue weighted by Gasteiger charge is -2.21. The highest BCUT2D eigenvalue weighted by Crippen LogP contribution is 2.19. The number of rotatable bonds is 5. The Labute approximate surface area is 85.8 Å². The van der Waals surface area contributed by atoms with Gasteiger partial charge in [-0.05, 0) is 25.3 Å². The molecule has 1 aromatic rings. The molecule has 0 bridgehead atoms. The van der Waals surface area contributed by atoms with Crippen molar-refractivity contribution in [3.05, 3.63) is 18.0 Å². The van der Waals surface area contributed by atoms with Gasteiger partial charge in [-0.15, -0.1) is 0 Å². The predicted octanol–water partition coefficient (Wildman–Crippen LogP) is 2.30. The summed E-state index contributed by atoms with van der Waals surface area (Å²) in [6.45, 7) is 6.19. The van der Waals surface area contributed by atoms with Crippen molar-refractivity contribution in [3.8, 4) is 0 Å². The third kappa shape index (κ3) is 2.58. The van der Waals surface area contributed by atoms with Crippen molar-refractivity contribution >= 4 is 0 Å². The SMILES string of the molecule is CCCC(O)C(CC)n1cc(C)cn1. The summed E-state index contributed by atoms with van der Waals surface area (Å²) in [5, 5.41) is 14.2. The van der Waals surface area contributed by atoms with Crippen LogP contribution >= 0.6 is 0 Å². The van der Waals surface area contributed by atoms with Crippen LogP contribution < -0.4 is 0 Å². The fourth-order valence-corrected chi connectivity index (χ4v) is 1.74. The van der Waals surface area contributed by atoms with E-state index in [0.717, 1.165) is 24.8 Å². The fraction of sp³-hybridized carbons (Fsp3) is 0.727. The van der Waals surface area contributed by atoms with Crippen LogP contribution in [-0.4, -0.2) is 21.0 Å². The van der Waals surface area contributed by atoms with Crippen LogP contribution in [-0.2, 0) is 0 Å². The second-order valence-electron chi connectivity index (χ2n) is 3.83. The van der Waals surface area contributed by atoms with Crippen LogP contribution in [0.25, 0.3) is 0 Å². The van der Waals surface area contributed by atoms with E-state index in [9.17, 15) is 5.11 Å². The van der Waals surface area contributed by atoms with E-state index in [2.05, 4.69) is 18.9 Å². The quantitative estimate of drug-likeness (QED) is 0.784. The topological polar surface area (TPSA) is 38.0 Å². The van der Waals surface area contributed by atoms with Crippen molar-refractivity contribution in [2.24, 2.45) is 0 Å². The van der Waals surface area contributed by atoms with Gasteiger partial charge in [0, 0.05) is 6.20 Å². The smallest absolute Gasteiger partial charge is 0.0775 e. The summed E-state index contributed by atoms with van der Waals surface area (Å²) in [4.78, 5) is 0. The molecule has 80 valence electrons. The second-order valence-corrected chi connectivity index (χ2v) is 3.83. The Morgan fingerprint density at radius 2 is 2.21 bits per heavy atom. The lowest BCUT2D eigenvalue weighted by atomic mass is 10.0. The highest BCUT2D eigenvalue weighted by Gasteiger charge is 2.18. The average Bonchev–Trinajstić information content (AvgIpc) is 2.54. The Morgan fingerprint density at radius 3 is 2.64 bits per heavy atom. The molecule has 0 saturated heterocycles. The monoisotopic (exact) mass is 196 g/mol. The Kier molecular flexibility index (Phi) is 4.14. The largest absolute Gasteiger partial charge is 0.391 e. The van der Waals surface area contributed by atoms with E-state index in [1.165, 1.54) is 0 Å². The minimum absolute atomic E-state index is 0.128. The first kappa shape index (κ1) is 11.2. The third-order valence-corrected chi connectivity index (χ3v) is 2.52. The zero-order valence-electron chi connectivity index (χ0n) is 9.27. The maximum atomic E-state index is 9.91. The van der Waals surface area contributed by atoms with E-state index in [4.69, 9.17) is 0 Å². The molecule has 1 N–H and O–H groups in total. The number of aryl methyl sites for hydroxylation is 1. The summed E-state index contributed by atoms with van der Waals surface area (Å²) in [6.07, 6.45) is 6.33. The zero-order chi connectivity index (χ0) is 10.6. The van der Waals surface area contributed by atoms with Crippen LogP contribution in [0.15, 0.2) is 12.4 Å². The van der Waals surface area contributed by atoms with Gasteiger partial charge in [0.1, 0.15) is 0 Å². The number of hydrogen-bond acceptors (Lipinski definition) is 2. The highest BCUT2D eigenvalue weighted by atomic mass is 16.3. The molecule has 0 amide bonds. The van der Waals surface area contributed by atoms with Crippen LogP contribution in [0.1, 0.15) is 44.7 Å². The Morgan fingerprint density at radius 1 is 1.50 bits per heavy atom. The van der Waals surface area contributed by atoms with Crippen molar-refractivity contribution in [2.45, 2.75) is 52.2 Å². The highest BCUT2D eigenvalue weighted by molar-refractivity contribution is 5.00. The second kappa shape index (κ2) is 5.15. The molecule has 1 aromatic heterocycles. The molecule has 2 unspecified atom stereocenters. The van der Waals surface area contributed by atoms with E-state index < -0.39 is 0 Å². The molecule has 1 rings (SSSR count). The van der Waals surface area contributed by atoms with Crippen molar-refractivity contribution in [1.29, 1.82) is 0 Å². The molecule has 0 fully saturated rings. The van der Waals surface area contributed by atoms with Crippen molar-refractivity contribution in [3.63, 3.8) is 0 Å². The van der Waals surface area contributed by atoms with Crippen LogP contribution in [0.4, 0.5) is 0 Å². The van der Waals surface area contributed by atoms with E-state index in [-0.39, 0.29) is 12.1 Å². The first-order valence-electron chi connectivity index (χ1n) is 5.37. The van der Waals surface area contributed by atoms with Crippen LogP contribution in [0, 0.1) is 6.92 Å². The average molecular weight is 196 g/mol. The van der Waals surface area contributed by atoms with Gasteiger partial charge in [0.2, 0.25) is 0 Å². The number of aliphatic hydroxyl groups excluding tert-OH is 1. The van der Waals surface area contributed by atoms with Gasteiger partial charge in [0.15, 0.2) is 0 Å². The van der Waals surface area contributed by atoms with Crippen molar-refractivity contribution in [1.82, 2.24) is 9.78 Å². The van der Waals surface area contributed by atoms with E-state index >= 15 is 0 Å². The minimum atomic E-state index is -0.274. The number of aromatic nitrogens is 2. The minimum Gasteiger partial charge on any atom is -0.391 e. The Bertz CT molecular complexity index is 270. The Hall–Kier alpha value is -0.830. The molecule has 0 aliphatic heterocycles. The van der Waals surface area contributed by atoms with Crippen molar-refractivity contribution in [2.75, 3.05) is 0 Å². The summed E-state index contributed by atoms with van der Waals surface area (Å²) >= 11 is 0. The summed E-state index contributed by atoms with van der Waals surface area (Å²) in [5.41, 5.74) is 1.15. The summed E-state index contributed by atoms with van der Waals surface area (Å²) < 4.78 is 1.88. The maximum absolute atomic E-state index is 9.91. The van der Waals surface area contributed by atoms with E-state index in [1.54, 1.807) is 0 Å². The standard InChI is InChI=1S/C11H20N2O/c1-4-6-11(14)10(5-2)13-8-9(3)7-12-13/h7-8,10-11,14H,4-6H2,1-3H3. The maximum Gasteiger partial charge on any atom is 0.0775 e. The molecular formula is C11H20N2O. The zero-order valence-corrected chi connectivity index (χ0v) is 9.27. The lowest BCUT2D eigenvalue weighted by molar-refractivity contribution is 0.0941. The molecule has 0 saturated carbocycles. The van der Waals surface area contributed by atoms with Gasteiger partial charge in [-0.25, -0.2) is 0 Å².